The monoisotopic (exact) mass is 488 g/mol. The van der Waals surface area contributed by atoms with Crippen LogP contribution in [0.2, 0.25) is 0 Å². The molecule has 0 spiro atoms. The van der Waals surface area contributed by atoms with Crippen LogP contribution in [0.3, 0.4) is 0 Å². The van der Waals surface area contributed by atoms with E-state index >= 15 is 0 Å². The molecule has 1 aromatic rings. The maximum atomic E-state index is 13.8. The fraction of sp³-hybridized carbons (Fsp3) is 0.560. The number of carbonyl (C=O) groups excluding carboxylic acids is 5. The zero-order chi connectivity index (χ0) is 25.6. The Morgan fingerprint density at radius 3 is 2.60 bits per heavy atom. The van der Waals surface area contributed by atoms with Gasteiger partial charge in [-0.3, -0.25) is 19.2 Å². The van der Waals surface area contributed by atoms with E-state index in [1.54, 1.807) is 19.9 Å². The first-order valence-corrected chi connectivity index (χ1v) is 12.1. The number of nitrogens with one attached hydrogen (secondary N) is 3. The standard InChI is InChI=1S/C25H33FN4O5/c1-3-25(2)24(35)28-19(15-16-8-6-9-17(26)14-16)23(34)30-12-7-11-20(30)22(33)27-18(21(32)29-25)10-4-5-13-31/h6,8-9,13-14,18-20H,3-5,7,10-12,15H2,1-2H3,(H,27,33)(H,28,35)(H,29,32)/t18-,19-,20+,25-/m0/s1. The number of aldehydes is 1. The summed E-state index contributed by atoms with van der Waals surface area (Å²) < 4.78 is 13.8. The molecule has 0 aliphatic carbocycles. The van der Waals surface area contributed by atoms with Crippen molar-refractivity contribution < 1.29 is 28.4 Å². The van der Waals surface area contributed by atoms with E-state index < -0.39 is 53.1 Å². The summed E-state index contributed by atoms with van der Waals surface area (Å²) in [6.07, 6.45) is 2.88. The first-order valence-electron chi connectivity index (χ1n) is 12.1. The first-order chi connectivity index (χ1) is 16.7. The van der Waals surface area contributed by atoms with Gasteiger partial charge in [0.05, 0.1) is 0 Å². The van der Waals surface area contributed by atoms with Gasteiger partial charge in [-0.05, 0) is 56.7 Å². The minimum absolute atomic E-state index is 0.0369. The van der Waals surface area contributed by atoms with E-state index in [-0.39, 0.29) is 25.7 Å². The highest BCUT2D eigenvalue weighted by atomic mass is 19.1. The summed E-state index contributed by atoms with van der Waals surface area (Å²) in [5.41, 5.74) is -0.831. The fourth-order valence-corrected chi connectivity index (χ4v) is 4.53. The number of benzene rings is 1. The van der Waals surface area contributed by atoms with Crippen molar-refractivity contribution in [2.45, 2.75) is 82.5 Å². The highest BCUT2D eigenvalue weighted by Crippen LogP contribution is 2.22. The third-order valence-electron chi connectivity index (χ3n) is 6.83. The van der Waals surface area contributed by atoms with E-state index in [0.29, 0.717) is 31.4 Å². The maximum Gasteiger partial charge on any atom is 0.246 e. The molecule has 1 aromatic carbocycles. The van der Waals surface area contributed by atoms with E-state index in [4.69, 9.17) is 0 Å². The molecule has 0 saturated carbocycles. The Morgan fingerprint density at radius 1 is 1.14 bits per heavy atom. The third-order valence-corrected chi connectivity index (χ3v) is 6.83. The summed E-state index contributed by atoms with van der Waals surface area (Å²) in [7, 11) is 0. The van der Waals surface area contributed by atoms with Crippen molar-refractivity contribution in [3.63, 3.8) is 0 Å². The Labute approximate surface area is 204 Å². The lowest BCUT2D eigenvalue weighted by atomic mass is 9.94. The number of nitrogens with zero attached hydrogens (tertiary/aromatic N) is 1. The molecule has 2 saturated heterocycles. The van der Waals surface area contributed by atoms with E-state index in [1.165, 1.54) is 23.1 Å². The molecule has 0 unspecified atom stereocenters. The predicted octanol–water partition coefficient (Wildman–Crippen LogP) is 0.997. The van der Waals surface area contributed by atoms with Crippen molar-refractivity contribution in [1.29, 1.82) is 0 Å². The Bertz CT molecular complexity index is 986. The Kier molecular flexibility index (Phi) is 8.58. The molecule has 9 nitrogen and oxygen atoms in total. The summed E-state index contributed by atoms with van der Waals surface area (Å²) in [4.78, 5) is 65.4. The number of fused-ring (bicyclic) bond motifs is 1. The molecule has 3 N–H and O–H groups in total. The molecule has 4 amide bonds. The van der Waals surface area contributed by atoms with Crippen LogP contribution in [0, 0.1) is 5.82 Å². The molecule has 10 heteroatoms. The van der Waals surface area contributed by atoms with Crippen LogP contribution in [0.15, 0.2) is 24.3 Å². The highest BCUT2D eigenvalue weighted by Gasteiger charge is 2.43. The van der Waals surface area contributed by atoms with Crippen molar-refractivity contribution in [2.75, 3.05) is 6.54 Å². The van der Waals surface area contributed by atoms with Crippen LogP contribution in [0.25, 0.3) is 0 Å². The minimum atomic E-state index is -1.35. The van der Waals surface area contributed by atoms with Crippen LogP contribution in [0.4, 0.5) is 4.39 Å². The minimum Gasteiger partial charge on any atom is -0.343 e. The number of hydrogen-bond donors (Lipinski definition) is 3. The molecule has 2 fully saturated rings. The zero-order valence-corrected chi connectivity index (χ0v) is 20.1. The molecule has 0 bridgehead atoms. The number of unbranched alkanes of at least 4 members (excludes halogenated alkanes) is 1. The van der Waals surface area contributed by atoms with Gasteiger partial charge in [0.2, 0.25) is 23.6 Å². The van der Waals surface area contributed by atoms with E-state index in [0.717, 1.165) is 6.29 Å². The van der Waals surface area contributed by atoms with Crippen molar-refractivity contribution in [3.8, 4) is 0 Å². The van der Waals surface area contributed by atoms with Gasteiger partial charge < -0.3 is 25.6 Å². The number of hydrogen-bond acceptors (Lipinski definition) is 5. The van der Waals surface area contributed by atoms with Gasteiger partial charge in [-0.15, -0.1) is 0 Å². The first kappa shape index (κ1) is 26.3. The van der Waals surface area contributed by atoms with E-state index in [9.17, 15) is 28.4 Å². The van der Waals surface area contributed by atoms with Gasteiger partial charge in [0.1, 0.15) is 35.8 Å². The highest BCUT2D eigenvalue weighted by molar-refractivity contribution is 5.99. The average Bonchev–Trinajstić information content (AvgIpc) is 3.32. The topological polar surface area (TPSA) is 125 Å². The number of carbonyl (C=O) groups is 5. The van der Waals surface area contributed by atoms with Crippen LogP contribution in [0.1, 0.15) is 57.9 Å². The van der Waals surface area contributed by atoms with Gasteiger partial charge in [-0.2, -0.15) is 0 Å². The lowest BCUT2D eigenvalue weighted by Gasteiger charge is -2.35. The lowest BCUT2D eigenvalue weighted by molar-refractivity contribution is -0.144. The second kappa shape index (κ2) is 11.4. The number of rotatable bonds is 7. The van der Waals surface area contributed by atoms with Crippen LogP contribution in [-0.2, 0) is 30.4 Å². The smallest absolute Gasteiger partial charge is 0.246 e. The summed E-state index contributed by atoms with van der Waals surface area (Å²) >= 11 is 0. The Morgan fingerprint density at radius 2 is 1.91 bits per heavy atom. The van der Waals surface area contributed by atoms with Gasteiger partial charge in [0.25, 0.3) is 0 Å². The van der Waals surface area contributed by atoms with E-state index in [2.05, 4.69) is 16.0 Å². The number of amides is 4. The van der Waals surface area contributed by atoms with Crippen LogP contribution in [0.5, 0.6) is 0 Å². The van der Waals surface area contributed by atoms with Gasteiger partial charge in [-0.1, -0.05) is 19.1 Å². The molecular weight excluding hydrogens is 455 g/mol. The van der Waals surface area contributed by atoms with Crippen molar-refractivity contribution in [1.82, 2.24) is 20.9 Å². The zero-order valence-electron chi connectivity index (χ0n) is 20.1. The van der Waals surface area contributed by atoms with Crippen molar-refractivity contribution >= 4 is 29.9 Å². The van der Waals surface area contributed by atoms with Gasteiger partial charge >= 0.3 is 0 Å². The molecule has 2 heterocycles. The van der Waals surface area contributed by atoms with Gasteiger partial charge in [0.15, 0.2) is 0 Å². The van der Waals surface area contributed by atoms with Crippen molar-refractivity contribution in [3.05, 3.63) is 35.6 Å². The quantitative estimate of drug-likeness (QED) is 0.390. The number of halogens is 1. The predicted molar refractivity (Wildman–Crippen MR) is 125 cm³/mol. The molecule has 35 heavy (non-hydrogen) atoms. The summed E-state index contributed by atoms with van der Waals surface area (Å²) in [6.45, 7) is 3.61. The van der Waals surface area contributed by atoms with Crippen LogP contribution >= 0.6 is 0 Å². The third kappa shape index (κ3) is 6.23. The lowest BCUT2D eigenvalue weighted by Crippen LogP contribution is -2.65. The molecule has 0 radical (unpaired) electrons. The summed E-state index contributed by atoms with van der Waals surface area (Å²) in [6, 6.07) is 3.02. The van der Waals surface area contributed by atoms with Gasteiger partial charge in [0, 0.05) is 19.4 Å². The Hall–Kier alpha value is -3.30. The van der Waals surface area contributed by atoms with Gasteiger partial charge in [-0.25, -0.2) is 4.39 Å². The van der Waals surface area contributed by atoms with E-state index in [1.807, 2.05) is 0 Å². The fourth-order valence-electron chi connectivity index (χ4n) is 4.53. The molecule has 0 aromatic heterocycles. The SMILES string of the molecule is CC[C@]1(C)NC(=O)[C@H](CCCC=O)NC(=O)[C@H]2CCCN2C(=O)[C@H](Cc2cccc(F)c2)NC1=O. The second-order valence-corrected chi connectivity index (χ2v) is 9.38. The normalized spacial score (nSPS) is 27.7. The van der Waals surface area contributed by atoms with Crippen molar-refractivity contribution in [2.24, 2.45) is 0 Å². The van der Waals surface area contributed by atoms with Crippen LogP contribution < -0.4 is 16.0 Å². The average molecular weight is 489 g/mol. The van der Waals surface area contributed by atoms with Crippen LogP contribution in [-0.4, -0.2) is 65.0 Å². The molecule has 3 rings (SSSR count). The summed E-state index contributed by atoms with van der Waals surface area (Å²) in [5, 5.41) is 8.24. The second-order valence-electron chi connectivity index (χ2n) is 9.38. The molecular formula is C25H33FN4O5. The Balaban J connectivity index is 1.96. The molecule has 190 valence electrons. The molecule has 2 aliphatic heterocycles. The molecule has 2 aliphatic rings. The maximum absolute atomic E-state index is 13.8. The largest absolute Gasteiger partial charge is 0.343 e. The molecule has 4 atom stereocenters. The summed E-state index contributed by atoms with van der Waals surface area (Å²) in [5.74, 6) is -2.40.